The second-order valence-corrected chi connectivity index (χ2v) is 7.27. The molecule has 0 bridgehead atoms. The number of rotatable bonds is 11. The first-order valence-corrected chi connectivity index (χ1v) is 10.3. The lowest BCUT2D eigenvalue weighted by atomic mass is 9.96. The maximum atomic E-state index is 11.7. The van der Waals surface area contributed by atoms with Crippen molar-refractivity contribution in [1.29, 1.82) is 0 Å². The van der Waals surface area contributed by atoms with Crippen molar-refractivity contribution < 1.29 is 19.4 Å². The van der Waals surface area contributed by atoms with Gasteiger partial charge in [0.25, 0.3) is 0 Å². The molecule has 1 heterocycles. The fraction of sp³-hybridized carbons (Fsp3) is 0.333. The molecule has 0 aliphatic rings. The number of H-pyrrole nitrogens is 1. The molecule has 1 aromatic heterocycles. The Morgan fingerprint density at radius 3 is 2.67 bits per heavy atom. The second-order valence-electron chi connectivity index (χ2n) is 7.27. The number of nitrogens with one attached hydrogen (secondary N) is 1. The van der Waals surface area contributed by atoms with Crippen molar-refractivity contribution in [2.24, 2.45) is 0 Å². The summed E-state index contributed by atoms with van der Waals surface area (Å²) in [6.07, 6.45) is 5.46. The number of carbonyl (C=O) groups is 2. The Bertz CT molecular complexity index is 996. The Hall–Kier alpha value is -3.28. The Morgan fingerprint density at radius 1 is 1.07 bits per heavy atom. The molecule has 0 saturated heterocycles. The summed E-state index contributed by atoms with van der Waals surface area (Å²) in [5.41, 5.74) is 4.18. The highest BCUT2D eigenvalue weighted by atomic mass is 16.5. The second kappa shape index (κ2) is 10.5. The first kappa shape index (κ1) is 21.4. The lowest BCUT2D eigenvalue weighted by molar-refractivity contribution is -0.107. The third-order valence-electron chi connectivity index (χ3n) is 5.38. The number of fused-ring (bicyclic) bond motifs is 1. The van der Waals surface area contributed by atoms with Gasteiger partial charge in [0.1, 0.15) is 12.0 Å². The SMILES string of the molecule is COc1cccc(-c2c[nH]c3ccccc23)c1CCN(CCCCCC=O)C(=O)O. The third kappa shape index (κ3) is 5.00. The first-order valence-electron chi connectivity index (χ1n) is 10.3. The van der Waals surface area contributed by atoms with Crippen LogP contribution in [0.3, 0.4) is 0 Å². The Kier molecular flexibility index (Phi) is 7.49. The fourth-order valence-electron chi connectivity index (χ4n) is 3.82. The number of carboxylic acid groups (broad SMARTS) is 1. The summed E-state index contributed by atoms with van der Waals surface area (Å²) < 4.78 is 5.61. The molecule has 2 aromatic carbocycles. The van der Waals surface area contributed by atoms with E-state index < -0.39 is 6.09 Å². The zero-order valence-electron chi connectivity index (χ0n) is 17.3. The molecule has 3 aromatic rings. The van der Waals surface area contributed by atoms with Crippen LogP contribution in [0, 0.1) is 0 Å². The van der Waals surface area contributed by atoms with Gasteiger partial charge in [-0.2, -0.15) is 0 Å². The van der Waals surface area contributed by atoms with Crippen LogP contribution >= 0.6 is 0 Å². The number of hydrogen-bond donors (Lipinski definition) is 2. The van der Waals surface area contributed by atoms with Gasteiger partial charge in [0.15, 0.2) is 0 Å². The number of ether oxygens (including phenoxy) is 1. The van der Waals surface area contributed by atoms with Crippen molar-refractivity contribution in [3.63, 3.8) is 0 Å². The van der Waals surface area contributed by atoms with E-state index in [0.717, 1.165) is 58.9 Å². The van der Waals surface area contributed by atoms with E-state index in [1.807, 2.05) is 36.5 Å². The Balaban J connectivity index is 1.81. The maximum Gasteiger partial charge on any atom is 0.407 e. The highest BCUT2D eigenvalue weighted by Gasteiger charge is 2.17. The number of carbonyl (C=O) groups excluding carboxylic acids is 1. The van der Waals surface area contributed by atoms with E-state index in [1.54, 1.807) is 7.11 Å². The van der Waals surface area contributed by atoms with E-state index in [2.05, 4.69) is 17.1 Å². The minimum absolute atomic E-state index is 0.388. The summed E-state index contributed by atoms with van der Waals surface area (Å²) >= 11 is 0. The van der Waals surface area contributed by atoms with Crippen molar-refractivity contribution in [2.75, 3.05) is 20.2 Å². The third-order valence-corrected chi connectivity index (χ3v) is 5.38. The summed E-state index contributed by atoms with van der Waals surface area (Å²) in [7, 11) is 1.64. The number of amides is 1. The van der Waals surface area contributed by atoms with E-state index in [4.69, 9.17) is 4.74 Å². The van der Waals surface area contributed by atoms with E-state index in [-0.39, 0.29) is 0 Å². The lowest BCUT2D eigenvalue weighted by Gasteiger charge is -2.21. The van der Waals surface area contributed by atoms with Gasteiger partial charge in [0.2, 0.25) is 0 Å². The van der Waals surface area contributed by atoms with Gasteiger partial charge in [-0.15, -0.1) is 0 Å². The number of methoxy groups -OCH3 is 1. The Morgan fingerprint density at radius 2 is 1.90 bits per heavy atom. The van der Waals surface area contributed by atoms with Gasteiger partial charge >= 0.3 is 6.09 Å². The molecule has 2 N–H and O–H groups in total. The molecule has 3 rings (SSSR count). The number of hydrogen-bond acceptors (Lipinski definition) is 3. The molecule has 6 heteroatoms. The molecule has 0 radical (unpaired) electrons. The van der Waals surface area contributed by atoms with Crippen LogP contribution in [0.25, 0.3) is 22.0 Å². The van der Waals surface area contributed by atoms with Crippen LogP contribution in [0.2, 0.25) is 0 Å². The van der Waals surface area contributed by atoms with Crippen LogP contribution in [0.15, 0.2) is 48.7 Å². The topological polar surface area (TPSA) is 82.6 Å². The highest BCUT2D eigenvalue weighted by Crippen LogP contribution is 2.35. The molecule has 158 valence electrons. The molecule has 6 nitrogen and oxygen atoms in total. The minimum atomic E-state index is -0.922. The molecule has 0 spiro atoms. The summed E-state index contributed by atoms with van der Waals surface area (Å²) in [6, 6.07) is 14.0. The molecular formula is C24H28N2O4. The van der Waals surface area contributed by atoms with Crippen LogP contribution in [0.4, 0.5) is 4.79 Å². The van der Waals surface area contributed by atoms with E-state index >= 15 is 0 Å². The van der Waals surface area contributed by atoms with Crippen molar-refractivity contribution in [3.8, 4) is 16.9 Å². The quantitative estimate of drug-likeness (QED) is 0.340. The molecule has 0 aliphatic heterocycles. The van der Waals surface area contributed by atoms with E-state index in [0.29, 0.717) is 25.9 Å². The smallest absolute Gasteiger partial charge is 0.407 e. The molecule has 0 atom stereocenters. The molecule has 0 fully saturated rings. The number of aldehydes is 1. The van der Waals surface area contributed by atoms with Crippen LogP contribution in [0.5, 0.6) is 5.75 Å². The van der Waals surface area contributed by atoms with Crippen molar-refractivity contribution in [2.45, 2.75) is 32.1 Å². The number of para-hydroxylation sites is 1. The van der Waals surface area contributed by atoms with Gasteiger partial charge in [0, 0.05) is 47.7 Å². The molecule has 30 heavy (non-hydrogen) atoms. The number of aromatic nitrogens is 1. The van der Waals surface area contributed by atoms with Crippen molar-refractivity contribution in [3.05, 3.63) is 54.2 Å². The monoisotopic (exact) mass is 408 g/mol. The highest BCUT2D eigenvalue weighted by molar-refractivity contribution is 5.96. The predicted octanol–water partition coefficient (Wildman–Crippen LogP) is 5.13. The molecule has 0 unspecified atom stereocenters. The predicted molar refractivity (Wildman–Crippen MR) is 118 cm³/mol. The zero-order chi connectivity index (χ0) is 21.3. The Labute approximate surface area is 176 Å². The van der Waals surface area contributed by atoms with E-state index in [1.165, 1.54) is 4.90 Å². The lowest BCUT2D eigenvalue weighted by Crippen LogP contribution is -2.32. The number of nitrogens with zero attached hydrogens (tertiary/aromatic N) is 1. The fourth-order valence-corrected chi connectivity index (χ4v) is 3.82. The summed E-state index contributed by atoms with van der Waals surface area (Å²) in [4.78, 5) is 26.9. The van der Waals surface area contributed by atoms with Gasteiger partial charge in [-0.25, -0.2) is 4.79 Å². The largest absolute Gasteiger partial charge is 0.496 e. The van der Waals surface area contributed by atoms with Gasteiger partial charge in [-0.05, 0) is 37.0 Å². The van der Waals surface area contributed by atoms with E-state index in [9.17, 15) is 14.7 Å². The van der Waals surface area contributed by atoms with Crippen molar-refractivity contribution >= 4 is 23.3 Å². The molecule has 0 aliphatic carbocycles. The standard InChI is InChI=1S/C24H28N2O4/c1-30-23-12-8-10-18(21-17-25-22-11-5-4-9-19(21)22)20(23)13-15-26(24(28)29)14-6-2-3-7-16-27/h4-5,8-12,16-17,25H,2-3,6-7,13-15H2,1H3,(H,28,29). The number of aromatic amines is 1. The van der Waals surface area contributed by atoms with Crippen LogP contribution in [-0.2, 0) is 11.2 Å². The van der Waals surface area contributed by atoms with Gasteiger partial charge < -0.3 is 24.5 Å². The molecular weight excluding hydrogens is 380 g/mol. The van der Waals surface area contributed by atoms with Gasteiger partial charge in [0.05, 0.1) is 7.11 Å². The summed E-state index contributed by atoms with van der Waals surface area (Å²) in [6.45, 7) is 0.852. The molecule has 0 saturated carbocycles. The van der Waals surface area contributed by atoms with Crippen LogP contribution in [-0.4, -0.2) is 47.6 Å². The molecule has 1 amide bonds. The maximum absolute atomic E-state index is 11.7. The number of unbranched alkanes of at least 4 members (excludes halogenated alkanes) is 3. The average molecular weight is 408 g/mol. The number of benzene rings is 2. The zero-order valence-corrected chi connectivity index (χ0v) is 17.3. The first-order chi connectivity index (χ1) is 14.7. The summed E-state index contributed by atoms with van der Waals surface area (Å²) in [5, 5.41) is 10.7. The van der Waals surface area contributed by atoms with Crippen LogP contribution in [0.1, 0.15) is 31.2 Å². The average Bonchev–Trinajstić information content (AvgIpc) is 3.19. The van der Waals surface area contributed by atoms with Crippen molar-refractivity contribution in [1.82, 2.24) is 9.88 Å². The van der Waals surface area contributed by atoms with Gasteiger partial charge in [-0.3, -0.25) is 0 Å². The van der Waals surface area contributed by atoms with Gasteiger partial charge in [-0.1, -0.05) is 36.8 Å². The normalized spacial score (nSPS) is 10.8. The minimum Gasteiger partial charge on any atom is -0.496 e. The van der Waals surface area contributed by atoms with Crippen LogP contribution < -0.4 is 4.74 Å². The summed E-state index contributed by atoms with van der Waals surface area (Å²) in [5.74, 6) is 0.758.